The van der Waals surface area contributed by atoms with E-state index in [2.05, 4.69) is 55.4 Å². The van der Waals surface area contributed by atoms with E-state index in [4.69, 9.17) is 4.98 Å². The third-order valence-corrected chi connectivity index (χ3v) is 3.51. The SMILES string of the molecule is Cc1ccc2c(c1)nc(N(C)C(C)(C)C)n2CCO. The molecule has 1 aromatic heterocycles. The lowest BCUT2D eigenvalue weighted by Gasteiger charge is -2.33. The predicted molar refractivity (Wildman–Crippen MR) is 79.7 cm³/mol. The van der Waals surface area contributed by atoms with Crippen LogP contribution in [0.4, 0.5) is 5.95 Å². The molecule has 0 unspecified atom stereocenters. The molecule has 1 heterocycles. The Kier molecular flexibility index (Phi) is 3.54. The summed E-state index contributed by atoms with van der Waals surface area (Å²) in [4.78, 5) is 6.89. The fraction of sp³-hybridized carbons (Fsp3) is 0.533. The fourth-order valence-electron chi connectivity index (χ4n) is 2.10. The lowest BCUT2D eigenvalue weighted by molar-refractivity contribution is 0.277. The third kappa shape index (κ3) is 2.59. The van der Waals surface area contributed by atoms with Crippen LogP contribution in [0.2, 0.25) is 0 Å². The van der Waals surface area contributed by atoms with Crippen LogP contribution in [0.5, 0.6) is 0 Å². The highest BCUT2D eigenvalue weighted by Gasteiger charge is 2.23. The molecule has 0 fully saturated rings. The lowest BCUT2D eigenvalue weighted by atomic mass is 10.1. The summed E-state index contributed by atoms with van der Waals surface area (Å²) >= 11 is 0. The lowest BCUT2D eigenvalue weighted by Crippen LogP contribution is -2.39. The summed E-state index contributed by atoms with van der Waals surface area (Å²) in [5.41, 5.74) is 3.25. The van der Waals surface area contributed by atoms with Crippen molar-refractivity contribution < 1.29 is 5.11 Å². The molecule has 1 N–H and O–H groups in total. The Hall–Kier alpha value is -1.55. The first kappa shape index (κ1) is 13.9. The van der Waals surface area contributed by atoms with Crippen LogP contribution < -0.4 is 4.90 Å². The quantitative estimate of drug-likeness (QED) is 0.923. The Morgan fingerprint density at radius 1 is 1.32 bits per heavy atom. The molecule has 0 aliphatic heterocycles. The zero-order valence-corrected chi connectivity index (χ0v) is 12.4. The van der Waals surface area contributed by atoms with E-state index in [-0.39, 0.29) is 12.1 Å². The molecule has 0 radical (unpaired) electrons. The number of aromatic nitrogens is 2. The highest BCUT2D eigenvalue weighted by molar-refractivity contribution is 5.79. The van der Waals surface area contributed by atoms with Gasteiger partial charge in [0, 0.05) is 19.1 Å². The molecule has 0 saturated heterocycles. The monoisotopic (exact) mass is 261 g/mol. The van der Waals surface area contributed by atoms with Gasteiger partial charge in [-0.2, -0.15) is 0 Å². The molecule has 0 aliphatic carbocycles. The second kappa shape index (κ2) is 4.85. The van der Waals surface area contributed by atoms with Gasteiger partial charge in [0.15, 0.2) is 0 Å². The molecule has 4 nitrogen and oxygen atoms in total. The van der Waals surface area contributed by atoms with Crippen molar-refractivity contribution in [2.75, 3.05) is 18.6 Å². The number of imidazole rings is 1. The van der Waals surface area contributed by atoms with Crippen LogP contribution in [0, 0.1) is 6.92 Å². The number of hydrogen-bond acceptors (Lipinski definition) is 3. The van der Waals surface area contributed by atoms with Crippen molar-refractivity contribution in [3.05, 3.63) is 23.8 Å². The summed E-state index contributed by atoms with van der Waals surface area (Å²) in [5.74, 6) is 0.905. The third-order valence-electron chi connectivity index (χ3n) is 3.51. The molecule has 0 aliphatic rings. The molecular weight excluding hydrogens is 238 g/mol. The van der Waals surface area contributed by atoms with E-state index in [0.29, 0.717) is 6.54 Å². The second-order valence-corrected chi connectivity index (χ2v) is 6.01. The predicted octanol–water partition coefficient (Wildman–Crippen LogP) is 2.57. The van der Waals surface area contributed by atoms with Gasteiger partial charge in [0.05, 0.1) is 17.6 Å². The average Bonchev–Trinajstić information content (AvgIpc) is 2.65. The van der Waals surface area contributed by atoms with Crippen molar-refractivity contribution in [3.63, 3.8) is 0 Å². The van der Waals surface area contributed by atoms with Gasteiger partial charge in [-0.1, -0.05) is 6.07 Å². The number of rotatable bonds is 3. The summed E-state index contributed by atoms with van der Waals surface area (Å²) in [6, 6.07) is 6.25. The molecule has 4 heteroatoms. The minimum atomic E-state index is -0.0103. The van der Waals surface area contributed by atoms with Crippen LogP contribution in [0.3, 0.4) is 0 Å². The summed E-state index contributed by atoms with van der Waals surface area (Å²) in [6.45, 7) is 9.21. The minimum Gasteiger partial charge on any atom is -0.395 e. The Labute approximate surface area is 114 Å². The Morgan fingerprint density at radius 3 is 2.58 bits per heavy atom. The smallest absolute Gasteiger partial charge is 0.206 e. The number of hydrogen-bond donors (Lipinski definition) is 1. The van der Waals surface area contributed by atoms with Gasteiger partial charge in [-0.15, -0.1) is 0 Å². The number of aliphatic hydroxyl groups excluding tert-OH is 1. The highest BCUT2D eigenvalue weighted by Crippen LogP contribution is 2.26. The van der Waals surface area contributed by atoms with Gasteiger partial charge in [0.1, 0.15) is 0 Å². The average molecular weight is 261 g/mol. The number of fused-ring (bicyclic) bond motifs is 1. The Balaban J connectivity index is 2.62. The van der Waals surface area contributed by atoms with Crippen molar-refractivity contribution in [3.8, 4) is 0 Å². The van der Waals surface area contributed by atoms with Gasteiger partial charge in [0.2, 0.25) is 5.95 Å². The topological polar surface area (TPSA) is 41.3 Å². The maximum atomic E-state index is 9.29. The van der Waals surface area contributed by atoms with E-state index in [1.54, 1.807) is 0 Å². The Bertz CT molecular complexity index is 581. The molecule has 0 bridgehead atoms. The molecule has 2 rings (SSSR count). The summed E-state index contributed by atoms with van der Waals surface area (Å²) in [6.07, 6.45) is 0. The van der Waals surface area contributed by atoms with Gasteiger partial charge in [-0.05, 0) is 45.4 Å². The highest BCUT2D eigenvalue weighted by atomic mass is 16.3. The Morgan fingerprint density at radius 2 is 2.00 bits per heavy atom. The van der Waals surface area contributed by atoms with Crippen LogP contribution in [-0.4, -0.2) is 33.9 Å². The van der Waals surface area contributed by atoms with E-state index < -0.39 is 0 Å². The molecular formula is C15H23N3O. The van der Waals surface area contributed by atoms with E-state index >= 15 is 0 Å². The molecule has 19 heavy (non-hydrogen) atoms. The largest absolute Gasteiger partial charge is 0.395 e. The number of aryl methyl sites for hydroxylation is 1. The van der Waals surface area contributed by atoms with Crippen LogP contribution in [0.15, 0.2) is 18.2 Å². The zero-order valence-electron chi connectivity index (χ0n) is 12.4. The number of benzene rings is 1. The molecule has 0 saturated carbocycles. The maximum Gasteiger partial charge on any atom is 0.206 e. The summed E-state index contributed by atoms with van der Waals surface area (Å²) < 4.78 is 2.08. The van der Waals surface area contributed by atoms with Gasteiger partial charge in [0.25, 0.3) is 0 Å². The van der Waals surface area contributed by atoms with E-state index in [0.717, 1.165) is 17.0 Å². The molecule has 2 aromatic rings. The second-order valence-electron chi connectivity index (χ2n) is 6.01. The normalized spacial score (nSPS) is 12.1. The van der Waals surface area contributed by atoms with Gasteiger partial charge in [-0.3, -0.25) is 0 Å². The first-order valence-electron chi connectivity index (χ1n) is 6.66. The van der Waals surface area contributed by atoms with Crippen molar-refractivity contribution >= 4 is 17.0 Å². The zero-order chi connectivity index (χ0) is 14.2. The number of anilines is 1. The van der Waals surface area contributed by atoms with Crippen molar-refractivity contribution in [2.24, 2.45) is 0 Å². The van der Waals surface area contributed by atoms with Gasteiger partial charge < -0.3 is 14.6 Å². The van der Waals surface area contributed by atoms with Crippen LogP contribution in [-0.2, 0) is 6.54 Å². The molecule has 104 valence electrons. The van der Waals surface area contributed by atoms with E-state index in [1.807, 2.05) is 7.05 Å². The number of nitrogens with zero attached hydrogens (tertiary/aromatic N) is 3. The van der Waals surface area contributed by atoms with E-state index in [1.165, 1.54) is 5.56 Å². The van der Waals surface area contributed by atoms with Gasteiger partial charge in [-0.25, -0.2) is 4.98 Å². The van der Waals surface area contributed by atoms with Crippen molar-refractivity contribution in [1.82, 2.24) is 9.55 Å². The van der Waals surface area contributed by atoms with Crippen LogP contribution in [0.1, 0.15) is 26.3 Å². The van der Waals surface area contributed by atoms with Gasteiger partial charge >= 0.3 is 0 Å². The van der Waals surface area contributed by atoms with Crippen molar-refractivity contribution in [1.29, 1.82) is 0 Å². The summed E-state index contributed by atoms with van der Waals surface area (Å²) in [5, 5.41) is 9.29. The first-order valence-corrected chi connectivity index (χ1v) is 6.66. The van der Waals surface area contributed by atoms with Crippen molar-refractivity contribution in [2.45, 2.75) is 39.8 Å². The minimum absolute atomic E-state index is 0.0103. The molecule has 1 aromatic carbocycles. The molecule has 0 atom stereocenters. The van der Waals surface area contributed by atoms with Crippen LogP contribution >= 0.6 is 0 Å². The standard InChI is InChI=1S/C15H23N3O/c1-11-6-7-13-12(10-11)16-14(18(13)8-9-19)17(5)15(2,3)4/h6-7,10,19H,8-9H2,1-5H3. The fourth-order valence-corrected chi connectivity index (χ4v) is 2.10. The molecule has 0 spiro atoms. The summed E-state index contributed by atoms with van der Waals surface area (Å²) in [7, 11) is 2.04. The first-order chi connectivity index (χ1) is 8.84. The maximum absolute atomic E-state index is 9.29. The van der Waals surface area contributed by atoms with E-state index in [9.17, 15) is 5.11 Å². The van der Waals surface area contributed by atoms with Crippen LogP contribution in [0.25, 0.3) is 11.0 Å². The molecule has 0 amide bonds. The number of aliphatic hydroxyl groups is 1.